The minimum absolute atomic E-state index is 0.180. The molecule has 3 aromatic rings. The Hall–Kier alpha value is -3.04. The number of carboxylic acid groups (broad SMARTS) is 2. The topological polar surface area (TPSA) is 91.1 Å². The minimum atomic E-state index is -1.51. The van der Waals surface area contributed by atoms with Crippen LogP contribution in [0.15, 0.2) is 82.2 Å². The fourth-order valence-electron chi connectivity index (χ4n) is 3.83. The maximum atomic E-state index is 9.53. The van der Waals surface area contributed by atoms with Crippen LogP contribution in [0.2, 0.25) is 0 Å². The number of carbonyl (C=O) groups excluding carboxylic acids is 1. The summed E-state index contributed by atoms with van der Waals surface area (Å²) >= 11 is 3.52. The van der Waals surface area contributed by atoms with Gasteiger partial charge in [-0.05, 0) is 75.0 Å². The Labute approximate surface area is 207 Å². The summed E-state index contributed by atoms with van der Waals surface area (Å²) in [6.45, 7) is 5.21. The van der Waals surface area contributed by atoms with Crippen molar-refractivity contribution in [1.29, 1.82) is 0 Å². The Morgan fingerprint density at radius 3 is 2.24 bits per heavy atom. The number of morpholine rings is 1. The van der Waals surface area contributed by atoms with Crippen molar-refractivity contribution in [1.82, 2.24) is 0 Å². The molecule has 3 heterocycles. The second-order valence-corrected chi connectivity index (χ2v) is 9.30. The molecule has 1 aromatic carbocycles. The summed E-state index contributed by atoms with van der Waals surface area (Å²) < 4.78 is 6.12. The Kier molecular flexibility index (Phi) is 9.78. The molecular weight excluding hydrogens is 470 g/mol. The van der Waals surface area contributed by atoms with Crippen LogP contribution < -0.4 is 10.0 Å². The van der Waals surface area contributed by atoms with Gasteiger partial charge in [-0.15, -0.1) is 0 Å². The smallest absolute Gasteiger partial charge is 0.328 e. The van der Waals surface area contributed by atoms with Gasteiger partial charge in [-0.3, -0.25) is 0 Å². The third-order valence-corrected chi connectivity index (χ3v) is 6.91. The normalized spacial score (nSPS) is 19.7. The van der Waals surface area contributed by atoms with Crippen molar-refractivity contribution in [3.05, 3.63) is 98.9 Å². The molecule has 1 aliphatic heterocycles. The van der Waals surface area contributed by atoms with Crippen molar-refractivity contribution >= 4 is 40.2 Å². The first-order chi connectivity index (χ1) is 16.5. The number of benzene rings is 1. The van der Waals surface area contributed by atoms with Crippen molar-refractivity contribution in [2.24, 2.45) is 0 Å². The maximum Gasteiger partial charge on any atom is 0.328 e. The number of rotatable bonds is 7. The molecule has 2 N–H and O–H groups in total. The highest BCUT2D eigenvalue weighted by Crippen LogP contribution is 2.27. The Morgan fingerprint density at radius 1 is 1.09 bits per heavy atom. The second-order valence-electron chi connectivity index (χ2n) is 7.74. The highest BCUT2D eigenvalue weighted by Gasteiger charge is 2.32. The molecule has 0 amide bonds. The van der Waals surface area contributed by atoms with Crippen LogP contribution in [0.1, 0.15) is 29.7 Å². The summed E-state index contributed by atoms with van der Waals surface area (Å²) in [4.78, 5) is 20.6. The second kappa shape index (κ2) is 13.0. The SMILES string of the molecule is CC1C(c2ccccc2)OCC[NH+]1CC=C(c1ccsc1)c1ccsc1.O=C([O-])/C=C/C(=O)O. The first-order valence-corrected chi connectivity index (χ1v) is 12.7. The largest absolute Gasteiger partial charge is 0.545 e. The predicted octanol–water partition coefficient (Wildman–Crippen LogP) is 2.66. The Balaban J connectivity index is 0.000000350. The molecule has 0 bridgehead atoms. The quantitative estimate of drug-likeness (QED) is 0.490. The monoisotopic (exact) mass is 497 g/mol. The van der Waals surface area contributed by atoms with Crippen LogP contribution in [0.25, 0.3) is 5.57 Å². The molecule has 1 fully saturated rings. The van der Waals surface area contributed by atoms with E-state index >= 15 is 0 Å². The molecule has 34 heavy (non-hydrogen) atoms. The van der Waals surface area contributed by atoms with Crippen LogP contribution in [-0.4, -0.2) is 42.8 Å². The summed E-state index contributed by atoms with van der Waals surface area (Å²) in [7, 11) is 0. The zero-order valence-corrected chi connectivity index (χ0v) is 20.4. The number of aliphatic carboxylic acids is 2. The fourth-order valence-corrected chi connectivity index (χ4v) is 5.14. The molecule has 3 unspecified atom stereocenters. The van der Waals surface area contributed by atoms with Crippen LogP contribution >= 0.6 is 22.7 Å². The number of hydrogen-bond acceptors (Lipinski definition) is 6. The highest BCUT2D eigenvalue weighted by molar-refractivity contribution is 7.08. The van der Waals surface area contributed by atoms with Crippen LogP contribution in [0.4, 0.5) is 0 Å². The van der Waals surface area contributed by atoms with E-state index < -0.39 is 11.9 Å². The number of ether oxygens (including phenoxy) is 1. The van der Waals surface area contributed by atoms with Gasteiger partial charge in [0.05, 0.1) is 19.1 Å². The van der Waals surface area contributed by atoms with Crippen LogP contribution in [0, 0.1) is 0 Å². The van der Waals surface area contributed by atoms with Gasteiger partial charge in [0, 0.05) is 6.08 Å². The first kappa shape index (κ1) is 25.6. The lowest BCUT2D eigenvalue weighted by Crippen LogP contribution is -3.17. The molecule has 178 valence electrons. The van der Waals surface area contributed by atoms with Crippen molar-refractivity contribution in [2.75, 3.05) is 19.7 Å². The first-order valence-electron chi connectivity index (χ1n) is 10.8. The number of nitrogens with one attached hydrogen (secondary N) is 1. The molecule has 0 spiro atoms. The van der Waals surface area contributed by atoms with Gasteiger partial charge in [-0.1, -0.05) is 30.3 Å². The van der Waals surface area contributed by atoms with E-state index in [1.807, 2.05) is 0 Å². The lowest BCUT2D eigenvalue weighted by atomic mass is 9.99. The summed E-state index contributed by atoms with van der Waals surface area (Å²) in [6.07, 6.45) is 3.54. The molecule has 1 saturated heterocycles. The zero-order valence-electron chi connectivity index (χ0n) is 18.8. The maximum absolute atomic E-state index is 9.53. The third kappa shape index (κ3) is 7.50. The van der Waals surface area contributed by atoms with E-state index in [9.17, 15) is 14.7 Å². The third-order valence-electron chi connectivity index (χ3n) is 5.54. The van der Waals surface area contributed by atoms with Crippen LogP contribution in [-0.2, 0) is 14.3 Å². The van der Waals surface area contributed by atoms with Crippen LogP contribution in [0.3, 0.4) is 0 Å². The number of thiophene rings is 2. The molecule has 0 radical (unpaired) electrons. The van der Waals surface area contributed by atoms with E-state index in [-0.39, 0.29) is 6.10 Å². The lowest BCUT2D eigenvalue weighted by molar-refractivity contribution is -0.931. The number of hydrogen-bond donors (Lipinski definition) is 2. The van der Waals surface area contributed by atoms with Crippen molar-refractivity contribution in [2.45, 2.75) is 19.1 Å². The molecule has 4 rings (SSSR count). The summed E-state index contributed by atoms with van der Waals surface area (Å²) in [6, 6.07) is 15.5. The average Bonchev–Trinajstić information content (AvgIpc) is 3.55. The van der Waals surface area contributed by atoms with E-state index in [1.165, 1.54) is 22.3 Å². The molecule has 6 nitrogen and oxygen atoms in total. The predicted molar refractivity (Wildman–Crippen MR) is 133 cm³/mol. The minimum Gasteiger partial charge on any atom is -0.545 e. The van der Waals surface area contributed by atoms with Crippen molar-refractivity contribution < 1.29 is 29.4 Å². The van der Waals surface area contributed by atoms with E-state index in [2.05, 4.69) is 77.0 Å². The fraction of sp³-hybridized carbons (Fsp3) is 0.231. The van der Waals surface area contributed by atoms with Crippen LogP contribution in [0.5, 0.6) is 0 Å². The zero-order chi connectivity index (χ0) is 24.3. The molecule has 3 atom stereocenters. The van der Waals surface area contributed by atoms with Crippen molar-refractivity contribution in [3.63, 3.8) is 0 Å². The molecule has 1 aliphatic rings. The summed E-state index contributed by atoms with van der Waals surface area (Å²) in [5, 5.41) is 26.0. The van der Waals surface area contributed by atoms with E-state index in [0.29, 0.717) is 18.2 Å². The van der Waals surface area contributed by atoms with Gasteiger partial charge in [-0.25, -0.2) is 4.79 Å². The Morgan fingerprint density at radius 2 is 1.74 bits per heavy atom. The van der Waals surface area contributed by atoms with Gasteiger partial charge >= 0.3 is 5.97 Å². The lowest BCUT2D eigenvalue weighted by Gasteiger charge is -2.36. The van der Waals surface area contributed by atoms with Gasteiger partial charge in [0.2, 0.25) is 0 Å². The van der Waals surface area contributed by atoms with Crippen molar-refractivity contribution in [3.8, 4) is 0 Å². The standard InChI is InChI=1S/C22H23NOS2.C4H4O4/c1-17-22(18-5-3-2-4-6-18)24-12-11-23(17)10-7-21(19-8-13-25-15-19)20-9-14-26-16-20;5-3(6)1-2-4(7)8/h2-9,13-17,22H,10-12H2,1H3;1-2H,(H,5,6)(H,7,8)/b;2-1+. The van der Waals surface area contributed by atoms with Gasteiger partial charge < -0.3 is 24.6 Å². The Bertz CT molecular complexity index is 1040. The number of quaternary nitrogens is 1. The van der Waals surface area contributed by atoms with E-state index in [4.69, 9.17) is 9.84 Å². The van der Waals surface area contributed by atoms with Gasteiger partial charge in [-0.2, -0.15) is 22.7 Å². The van der Waals surface area contributed by atoms with Gasteiger partial charge in [0.15, 0.2) is 0 Å². The summed E-state index contributed by atoms with van der Waals surface area (Å²) in [5.41, 5.74) is 5.30. The van der Waals surface area contributed by atoms with Gasteiger partial charge in [0.25, 0.3) is 0 Å². The van der Waals surface area contributed by atoms with E-state index in [1.54, 1.807) is 27.6 Å². The van der Waals surface area contributed by atoms with E-state index in [0.717, 1.165) is 19.7 Å². The highest BCUT2D eigenvalue weighted by atomic mass is 32.1. The molecule has 0 saturated carbocycles. The number of carboxylic acids is 2. The number of carbonyl (C=O) groups is 2. The molecular formula is C26H27NO5S2. The molecule has 2 aromatic heterocycles. The average molecular weight is 498 g/mol. The molecule has 8 heteroatoms. The summed E-state index contributed by atoms with van der Waals surface area (Å²) in [5.74, 6) is -2.80. The molecule has 0 aliphatic carbocycles. The van der Waals surface area contributed by atoms with Gasteiger partial charge in [0.1, 0.15) is 18.7 Å².